The smallest absolute Gasteiger partial charge is 0.177 e. The van der Waals surface area contributed by atoms with Crippen molar-refractivity contribution in [1.82, 2.24) is 4.98 Å². The highest BCUT2D eigenvalue weighted by molar-refractivity contribution is 7.99. The van der Waals surface area contributed by atoms with E-state index in [0.717, 1.165) is 28.3 Å². The first-order valence-corrected chi connectivity index (χ1v) is 5.99. The van der Waals surface area contributed by atoms with Crippen molar-refractivity contribution in [2.24, 2.45) is 5.84 Å². The van der Waals surface area contributed by atoms with E-state index in [1.165, 1.54) is 0 Å². The molecule has 1 aromatic carbocycles. The average Bonchev–Trinajstić information content (AvgIpc) is 2.33. The molecule has 0 radical (unpaired) electrons. The van der Waals surface area contributed by atoms with Crippen molar-refractivity contribution in [2.75, 3.05) is 5.43 Å². The second-order valence-corrected chi connectivity index (χ2v) is 4.73. The quantitative estimate of drug-likeness (QED) is 0.662. The number of nitrogens with one attached hydrogen (secondary N) is 1. The molecule has 0 saturated carbocycles. The Bertz CT molecular complexity index is 575. The van der Waals surface area contributed by atoms with Gasteiger partial charge in [-0.2, -0.15) is 0 Å². The number of benzene rings is 1. The first-order chi connectivity index (χ1) is 8.60. The largest absolute Gasteiger partial charge is 0.306 e. The number of hydrazine groups is 1. The van der Waals surface area contributed by atoms with Crippen LogP contribution in [-0.2, 0) is 0 Å². The maximum Gasteiger partial charge on any atom is 0.177 e. The van der Waals surface area contributed by atoms with Crippen LogP contribution in [0.4, 0.5) is 14.6 Å². The summed E-state index contributed by atoms with van der Waals surface area (Å²) >= 11 is 1.12. The molecule has 6 heteroatoms. The van der Waals surface area contributed by atoms with Gasteiger partial charge in [0.15, 0.2) is 17.5 Å². The number of hydrogen-bond acceptors (Lipinski definition) is 4. The van der Waals surface area contributed by atoms with Gasteiger partial charge in [-0.25, -0.2) is 19.6 Å². The zero-order valence-electron chi connectivity index (χ0n) is 9.58. The number of nitrogens with zero attached hydrogens (tertiary/aromatic N) is 1. The highest BCUT2D eigenvalue weighted by atomic mass is 32.2. The molecule has 2 aromatic rings. The Balaban J connectivity index is 2.34. The second kappa shape index (κ2) is 5.32. The van der Waals surface area contributed by atoms with Gasteiger partial charge in [-0.05, 0) is 19.1 Å². The molecule has 18 heavy (non-hydrogen) atoms. The summed E-state index contributed by atoms with van der Waals surface area (Å²) in [5.74, 6) is 3.40. The standard InChI is InChI=1S/C12H11F2N3S/c1-7-3-2-4-8(5-7)18-12-10(14)6-9(13)11(16-12)17-15/h2-6H,15H2,1H3,(H,16,17). The minimum Gasteiger partial charge on any atom is -0.306 e. The molecule has 1 heterocycles. The van der Waals surface area contributed by atoms with Crippen LogP contribution in [0.1, 0.15) is 5.56 Å². The van der Waals surface area contributed by atoms with E-state index < -0.39 is 11.6 Å². The summed E-state index contributed by atoms with van der Waals surface area (Å²) < 4.78 is 26.7. The molecule has 0 aliphatic heterocycles. The van der Waals surface area contributed by atoms with Gasteiger partial charge in [-0.1, -0.05) is 29.5 Å². The van der Waals surface area contributed by atoms with Crippen molar-refractivity contribution < 1.29 is 8.78 Å². The van der Waals surface area contributed by atoms with Gasteiger partial charge in [-0.3, -0.25) is 0 Å². The molecule has 0 amide bonds. The number of pyridine rings is 1. The lowest BCUT2D eigenvalue weighted by Gasteiger charge is -2.06. The van der Waals surface area contributed by atoms with E-state index in [-0.39, 0.29) is 10.8 Å². The van der Waals surface area contributed by atoms with Crippen molar-refractivity contribution in [3.8, 4) is 0 Å². The molecular formula is C12H11F2N3S. The van der Waals surface area contributed by atoms with E-state index in [1.54, 1.807) is 0 Å². The topological polar surface area (TPSA) is 50.9 Å². The third-order valence-electron chi connectivity index (χ3n) is 2.24. The van der Waals surface area contributed by atoms with Gasteiger partial charge in [0.25, 0.3) is 0 Å². The van der Waals surface area contributed by atoms with Crippen LogP contribution in [-0.4, -0.2) is 4.98 Å². The third kappa shape index (κ3) is 2.77. The predicted molar refractivity (Wildman–Crippen MR) is 67.3 cm³/mol. The van der Waals surface area contributed by atoms with Crippen LogP contribution in [0.2, 0.25) is 0 Å². The Hall–Kier alpha value is -1.66. The normalized spacial score (nSPS) is 10.4. The van der Waals surface area contributed by atoms with E-state index in [4.69, 9.17) is 5.84 Å². The van der Waals surface area contributed by atoms with Crippen LogP contribution in [0.3, 0.4) is 0 Å². The minimum absolute atomic E-state index is 0.0787. The zero-order chi connectivity index (χ0) is 13.1. The number of halogens is 2. The number of anilines is 1. The van der Waals surface area contributed by atoms with Gasteiger partial charge < -0.3 is 5.43 Å². The molecule has 0 saturated heterocycles. The van der Waals surface area contributed by atoms with Crippen molar-refractivity contribution in [3.05, 3.63) is 47.5 Å². The number of nitrogens with two attached hydrogens (primary N) is 1. The number of hydrogen-bond donors (Lipinski definition) is 2. The van der Waals surface area contributed by atoms with E-state index in [1.807, 2.05) is 31.2 Å². The maximum atomic E-state index is 13.6. The summed E-state index contributed by atoms with van der Waals surface area (Å²) in [5.41, 5.74) is 3.15. The first-order valence-electron chi connectivity index (χ1n) is 5.17. The summed E-state index contributed by atoms with van der Waals surface area (Å²) in [6.07, 6.45) is 0. The molecule has 94 valence electrons. The van der Waals surface area contributed by atoms with Crippen molar-refractivity contribution in [3.63, 3.8) is 0 Å². The summed E-state index contributed by atoms with van der Waals surface area (Å²) in [5, 5.41) is 0.0787. The molecular weight excluding hydrogens is 256 g/mol. The second-order valence-electron chi connectivity index (χ2n) is 3.67. The molecule has 0 aliphatic carbocycles. The van der Waals surface area contributed by atoms with Gasteiger partial charge in [0, 0.05) is 11.0 Å². The minimum atomic E-state index is -0.816. The van der Waals surface area contributed by atoms with E-state index in [0.29, 0.717) is 0 Å². The highest BCUT2D eigenvalue weighted by Gasteiger charge is 2.12. The molecule has 0 atom stereocenters. The Morgan fingerprint density at radius 1 is 1.22 bits per heavy atom. The lowest BCUT2D eigenvalue weighted by molar-refractivity contribution is 0.551. The lowest BCUT2D eigenvalue weighted by atomic mass is 10.2. The van der Waals surface area contributed by atoms with E-state index in [2.05, 4.69) is 10.4 Å². The third-order valence-corrected chi connectivity index (χ3v) is 3.21. The van der Waals surface area contributed by atoms with Gasteiger partial charge in [0.1, 0.15) is 5.03 Å². The van der Waals surface area contributed by atoms with Crippen LogP contribution in [0.25, 0.3) is 0 Å². The number of nitrogen functional groups attached to an aromatic ring is 1. The fourth-order valence-electron chi connectivity index (χ4n) is 1.41. The maximum absolute atomic E-state index is 13.6. The first kappa shape index (κ1) is 12.8. The molecule has 0 bridgehead atoms. The highest BCUT2D eigenvalue weighted by Crippen LogP contribution is 2.30. The van der Waals surface area contributed by atoms with Gasteiger partial charge in [-0.15, -0.1) is 0 Å². The zero-order valence-corrected chi connectivity index (χ0v) is 10.4. The van der Waals surface area contributed by atoms with Crippen molar-refractivity contribution in [1.29, 1.82) is 0 Å². The lowest BCUT2D eigenvalue weighted by Crippen LogP contribution is -2.11. The van der Waals surface area contributed by atoms with E-state index >= 15 is 0 Å². The van der Waals surface area contributed by atoms with Crippen LogP contribution >= 0.6 is 11.8 Å². The number of aryl methyl sites for hydroxylation is 1. The Kier molecular flexibility index (Phi) is 3.78. The number of aromatic nitrogens is 1. The Morgan fingerprint density at radius 2 is 2.00 bits per heavy atom. The predicted octanol–water partition coefficient (Wildman–Crippen LogP) is 3.11. The summed E-state index contributed by atoms with van der Waals surface area (Å²) in [6, 6.07) is 8.29. The Labute approximate surface area is 107 Å². The fraction of sp³-hybridized carbons (Fsp3) is 0.0833. The number of rotatable bonds is 3. The monoisotopic (exact) mass is 267 g/mol. The van der Waals surface area contributed by atoms with Crippen LogP contribution in [0.15, 0.2) is 40.3 Å². The van der Waals surface area contributed by atoms with Crippen molar-refractivity contribution in [2.45, 2.75) is 16.8 Å². The SMILES string of the molecule is Cc1cccc(Sc2nc(NN)c(F)cc2F)c1. The molecule has 0 spiro atoms. The van der Waals surface area contributed by atoms with Gasteiger partial charge in [0.05, 0.1) is 0 Å². The summed E-state index contributed by atoms with van der Waals surface area (Å²) in [6.45, 7) is 1.94. The van der Waals surface area contributed by atoms with Crippen LogP contribution < -0.4 is 11.3 Å². The molecule has 1 aromatic heterocycles. The van der Waals surface area contributed by atoms with Crippen LogP contribution in [0.5, 0.6) is 0 Å². The fourth-order valence-corrected chi connectivity index (χ4v) is 2.32. The van der Waals surface area contributed by atoms with E-state index in [9.17, 15) is 8.78 Å². The molecule has 0 unspecified atom stereocenters. The Morgan fingerprint density at radius 3 is 2.67 bits per heavy atom. The average molecular weight is 267 g/mol. The molecule has 0 aliphatic rings. The van der Waals surface area contributed by atoms with Crippen molar-refractivity contribution >= 4 is 17.6 Å². The molecule has 0 fully saturated rings. The summed E-state index contributed by atoms with van der Waals surface area (Å²) in [7, 11) is 0. The molecule has 3 N–H and O–H groups in total. The van der Waals surface area contributed by atoms with Crippen LogP contribution in [0, 0.1) is 18.6 Å². The molecule has 3 nitrogen and oxygen atoms in total. The van der Waals surface area contributed by atoms with Gasteiger partial charge >= 0.3 is 0 Å². The van der Waals surface area contributed by atoms with Gasteiger partial charge in [0.2, 0.25) is 0 Å². The molecule has 2 rings (SSSR count). The summed E-state index contributed by atoms with van der Waals surface area (Å²) in [4.78, 5) is 4.62.